The summed E-state index contributed by atoms with van der Waals surface area (Å²) >= 11 is 0.976. The summed E-state index contributed by atoms with van der Waals surface area (Å²) in [6.45, 7) is 4.68. The number of hydrogen-bond acceptors (Lipinski definition) is 6. The number of hydrogen-bond donors (Lipinski definition) is 0. The van der Waals surface area contributed by atoms with Crippen LogP contribution in [-0.4, -0.2) is 37.2 Å². The molecular formula is C9H16O5PS+. The Labute approximate surface area is 100 Å². The van der Waals surface area contributed by atoms with Gasteiger partial charge in [0.2, 0.25) is 5.12 Å². The van der Waals surface area contributed by atoms with Gasteiger partial charge in [-0.15, -0.1) is 4.52 Å². The average Bonchev–Trinajstić information content (AvgIpc) is 2.22. The fourth-order valence-electron chi connectivity index (χ4n) is 0.819. The van der Waals surface area contributed by atoms with Crippen LogP contribution in [-0.2, 0) is 23.4 Å². The van der Waals surface area contributed by atoms with Crippen molar-refractivity contribution >= 4 is 30.9 Å². The van der Waals surface area contributed by atoms with Crippen molar-refractivity contribution in [3.63, 3.8) is 0 Å². The normalized spacial score (nSPS) is 12.1. The molecule has 16 heavy (non-hydrogen) atoms. The van der Waals surface area contributed by atoms with Crippen LogP contribution in [0.2, 0.25) is 0 Å². The third-order valence-electron chi connectivity index (χ3n) is 1.80. The highest BCUT2D eigenvalue weighted by Crippen LogP contribution is 2.26. The minimum absolute atomic E-state index is 0.222. The molecule has 0 fully saturated rings. The molecule has 0 rings (SSSR count). The predicted octanol–water partition coefficient (Wildman–Crippen LogP) is 1.83. The lowest BCUT2D eigenvalue weighted by Gasteiger charge is -2.18. The van der Waals surface area contributed by atoms with Gasteiger partial charge in [0.1, 0.15) is 12.0 Å². The van der Waals surface area contributed by atoms with Gasteiger partial charge in [-0.3, -0.25) is 9.59 Å². The Hall–Kier alpha value is -0.450. The summed E-state index contributed by atoms with van der Waals surface area (Å²) in [5, 5.41) is -0.283. The van der Waals surface area contributed by atoms with E-state index in [9.17, 15) is 14.2 Å². The van der Waals surface area contributed by atoms with Crippen molar-refractivity contribution in [2.75, 3.05) is 26.1 Å². The second kappa shape index (κ2) is 6.99. The van der Waals surface area contributed by atoms with Crippen molar-refractivity contribution < 1.29 is 23.4 Å². The molecule has 0 aromatic rings. The predicted molar refractivity (Wildman–Crippen MR) is 62.7 cm³/mol. The molecule has 0 bridgehead atoms. The summed E-state index contributed by atoms with van der Waals surface area (Å²) in [4.78, 5) is 22.9. The van der Waals surface area contributed by atoms with Crippen molar-refractivity contribution in [2.24, 2.45) is 5.41 Å². The molecule has 0 N–H and O–H groups in total. The summed E-state index contributed by atoms with van der Waals surface area (Å²) in [7, 11) is -0.398. The van der Waals surface area contributed by atoms with Crippen molar-refractivity contribution in [3.05, 3.63) is 0 Å². The molecule has 92 valence electrons. The summed E-state index contributed by atoms with van der Waals surface area (Å²) in [6, 6.07) is 0. The topological polar surface area (TPSA) is 69.7 Å². The van der Waals surface area contributed by atoms with E-state index in [1.807, 2.05) is 0 Å². The number of thioether (sulfide) groups is 1. The Balaban J connectivity index is 4.06. The van der Waals surface area contributed by atoms with Crippen molar-refractivity contribution in [3.8, 4) is 0 Å². The number of rotatable bonds is 6. The molecule has 7 heteroatoms. The zero-order valence-corrected chi connectivity index (χ0v) is 11.5. The Morgan fingerprint density at radius 2 is 1.94 bits per heavy atom. The smallest absolute Gasteiger partial charge is 0.468 e. The van der Waals surface area contributed by atoms with E-state index in [0.29, 0.717) is 5.75 Å². The van der Waals surface area contributed by atoms with Crippen LogP contribution in [0.4, 0.5) is 0 Å². The molecule has 0 amide bonds. The molecule has 0 aliphatic carbocycles. The van der Waals surface area contributed by atoms with Gasteiger partial charge in [-0.25, -0.2) is 0 Å². The number of esters is 1. The van der Waals surface area contributed by atoms with Crippen LogP contribution in [0, 0.1) is 5.41 Å². The molecule has 0 saturated carbocycles. The zero-order valence-electron chi connectivity index (χ0n) is 9.81. The van der Waals surface area contributed by atoms with Gasteiger partial charge in [0, 0.05) is 5.75 Å². The van der Waals surface area contributed by atoms with Crippen LogP contribution in [0.3, 0.4) is 0 Å². The van der Waals surface area contributed by atoms with E-state index in [4.69, 9.17) is 4.52 Å². The van der Waals surface area contributed by atoms with Crippen LogP contribution in [0.25, 0.3) is 0 Å². The lowest BCUT2D eigenvalue weighted by atomic mass is 9.96. The van der Waals surface area contributed by atoms with E-state index < -0.39 is 19.4 Å². The zero-order chi connectivity index (χ0) is 12.8. The van der Waals surface area contributed by atoms with Crippen molar-refractivity contribution in [1.29, 1.82) is 0 Å². The lowest BCUT2D eigenvalue weighted by molar-refractivity contribution is -0.153. The summed E-state index contributed by atoms with van der Waals surface area (Å²) < 4.78 is 19.9. The maximum atomic E-state index is 11.6. The van der Waals surface area contributed by atoms with Gasteiger partial charge in [-0.05, 0) is 18.4 Å². The Morgan fingerprint density at radius 3 is 2.38 bits per heavy atom. The highest BCUT2D eigenvalue weighted by atomic mass is 32.2. The Morgan fingerprint density at radius 1 is 1.38 bits per heavy atom. The number of methoxy groups -OCH3 is 1. The fourth-order valence-corrected chi connectivity index (χ4v) is 2.09. The molecule has 0 spiro atoms. The first-order valence-corrected chi connectivity index (χ1v) is 7.22. The minimum Gasteiger partial charge on any atom is -0.468 e. The summed E-state index contributed by atoms with van der Waals surface area (Å²) in [5.74, 6) is -0.193. The highest BCUT2D eigenvalue weighted by Gasteiger charge is 2.37. The van der Waals surface area contributed by atoms with Gasteiger partial charge < -0.3 is 4.74 Å². The summed E-state index contributed by atoms with van der Waals surface area (Å²) in [5.41, 5.74) is -1.16. The maximum absolute atomic E-state index is 11.6. The second-order valence-corrected chi connectivity index (χ2v) is 5.73. The first kappa shape index (κ1) is 15.6. The molecule has 0 radical (unpaired) electrons. The van der Waals surface area contributed by atoms with Gasteiger partial charge in [0.15, 0.2) is 6.66 Å². The lowest BCUT2D eigenvalue weighted by Crippen LogP contribution is -2.33. The molecule has 0 aliphatic rings. The maximum Gasteiger partial charge on any atom is 0.504 e. The van der Waals surface area contributed by atoms with Crippen molar-refractivity contribution in [2.45, 2.75) is 13.8 Å². The Bertz CT molecular complexity index is 290. The third kappa shape index (κ3) is 5.05. The summed E-state index contributed by atoms with van der Waals surface area (Å²) in [6.07, 6.45) is 0. The van der Waals surface area contributed by atoms with Crippen molar-refractivity contribution in [1.82, 2.24) is 0 Å². The number of carbonyl (C=O) groups excluding carboxylic acids is 2. The molecule has 1 unspecified atom stereocenters. The largest absolute Gasteiger partial charge is 0.504 e. The van der Waals surface area contributed by atoms with Gasteiger partial charge >= 0.3 is 14.0 Å². The average molecular weight is 267 g/mol. The highest BCUT2D eigenvalue weighted by molar-refractivity contribution is 8.13. The van der Waals surface area contributed by atoms with E-state index >= 15 is 0 Å². The molecule has 0 heterocycles. The molecule has 0 aliphatic heterocycles. The van der Waals surface area contributed by atoms with Gasteiger partial charge in [0.25, 0.3) is 0 Å². The first-order chi connectivity index (χ1) is 7.32. The van der Waals surface area contributed by atoms with Gasteiger partial charge in [-0.1, -0.05) is 11.8 Å². The van der Waals surface area contributed by atoms with E-state index in [-0.39, 0.29) is 11.7 Å². The molecule has 0 saturated heterocycles. The van der Waals surface area contributed by atoms with Crippen LogP contribution < -0.4 is 0 Å². The van der Waals surface area contributed by atoms with Crippen LogP contribution in [0.1, 0.15) is 13.8 Å². The molecular weight excluding hydrogens is 251 g/mol. The van der Waals surface area contributed by atoms with Crippen LogP contribution >= 0.6 is 19.8 Å². The minimum atomic E-state index is -1.64. The van der Waals surface area contributed by atoms with Gasteiger partial charge in [0.05, 0.1) is 7.11 Å². The van der Waals surface area contributed by atoms with Gasteiger partial charge in [-0.2, -0.15) is 0 Å². The SMILES string of the molecule is COC(=O)C(C)(C)C(=O)SCCO[P+](C)=O. The molecule has 0 aromatic carbocycles. The van der Waals surface area contributed by atoms with E-state index in [2.05, 4.69) is 4.74 Å². The fraction of sp³-hybridized carbons (Fsp3) is 0.778. The van der Waals surface area contributed by atoms with Crippen LogP contribution in [0.5, 0.6) is 0 Å². The number of ether oxygens (including phenoxy) is 1. The second-order valence-electron chi connectivity index (χ2n) is 3.53. The quantitative estimate of drug-likeness (QED) is 0.316. The van der Waals surface area contributed by atoms with E-state index in [0.717, 1.165) is 11.8 Å². The number of carbonyl (C=O) groups is 2. The molecule has 5 nitrogen and oxygen atoms in total. The standard InChI is InChI=1S/C9H16O5PS/c1-9(2,7(10)13-3)8(11)16-6-5-14-15(4)12/h5-6H2,1-4H3/q+1. The monoisotopic (exact) mass is 267 g/mol. The molecule has 0 aromatic heterocycles. The van der Waals surface area contributed by atoms with E-state index in [1.54, 1.807) is 0 Å². The van der Waals surface area contributed by atoms with E-state index in [1.165, 1.54) is 27.6 Å². The van der Waals surface area contributed by atoms with Crippen LogP contribution in [0.15, 0.2) is 0 Å². The molecule has 1 atom stereocenters. The first-order valence-electron chi connectivity index (χ1n) is 4.61. The Kier molecular flexibility index (Phi) is 6.79. The third-order valence-corrected chi connectivity index (χ3v) is 3.49.